The lowest BCUT2D eigenvalue weighted by molar-refractivity contribution is -0.139. The number of likely N-dealkylation sites (tertiary alicyclic amines) is 1. The number of hydrogen-bond acceptors (Lipinski definition) is 4. The summed E-state index contributed by atoms with van der Waals surface area (Å²) >= 11 is 0. The van der Waals surface area contributed by atoms with Gasteiger partial charge in [0.05, 0.1) is 0 Å². The van der Waals surface area contributed by atoms with Crippen LogP contribution in [0.2, 0.25) is 0 Å². The van der Waals surface area contributed by atoms with Crippen LogP contribution in [-0.2, 0) is 9.53 Å². The molecule has 0 aliphatic carbocycles. The Balaban J connectivity index is 2.51. The standard InChI is InChI=1S/C14H26N2O4/c1-9-8-16(13(19)20-14(2,3)4)6-5-10(9)7-11(15)12(17)18/h9-11H,5-8,15H2,1-4H3,(H,17,18). The maximum atomic E-state index is 12.0. The first-order valence-electron chi connectivity index (χ1n) is 7.06. The zero-order chi connectivity index (χ0) is 15.5. The average molecular weight is 286 g/mol. The molecule has 1 saturated heterocycles. The number of hydrogen-bond donors (Lipinski definition) is 2. The molecule has 1 fully saturated rings. The summed E-state index contributed by atoms with van der Waals surface area (Å²) in [5.41, 5.74) is 5.09. The molecular formula is C14H26N2O4. The summed E-state index contributed by atoms with van der Waals surface area (Å²) in [5, 5.41) is 8.86. The maximum Gasteiger partial charge on any atom is 0.410 e. The van der Waals surface area contributed by atoms with Crippen molar-refractivity contribution in [3.05, 3.63) is 0 Å². The van der Waals surface area contributed by atoms with Gasteiger partial charge < -0.3 is 20.5 Å². The largest absolute Gasteiger partial charge is 0.480 e. The molecule has 1 heterocycles. The molecule has 0 spiro atoms. The Hall–Kier alpha value is -1.30. The molecule has 0 bridgehead atoms. The fraction of sp³-hybridized carbons (Fsp3) is 0.857. The molecule has 0 radical (unpaired) electrons. The first kappa shape index (κ1) is 16.8. The van der Waals surface area contributed by atoms with Crippen LogP contribution in [-0.4, -0.2) is 46.8 Å². The Morgan fingerprint density at radius 1 is 1.45 bits per heavy atom. The van der Waals surface area contributed by atoms with Crippen molar-refractivity contribution in [1.29, 1.82) is 0 Å². The fourth-order valence-corrected chi connectivity index (χ4v) is 2.46. The van der Waals surface area contributed by atoms with Crippen LogP contribution in [0.5, 0.6) is 0 Å². The number of piperidine rings is 1. The number of carboxylic acid groups (broad SMARTS) is 1. The van der Waals surface area contributed by atoms with Gasteiger partial charge in [0.25, 0.3) is 0 Å². The van der Waals surface area contributed by atoms with Crippen LogP contribution in [0, 0.1) is 11.8 Å². The van der Waals surface area contributed by atoms with Crippen molar-refractivity contribution in [2.45, 2.75) is 52.2 Å². The van der Waals surface area contributed by atoms with Crippen LogP contribution in [0.15, 0.2) is 0 Å². The molecule has 0 aromatic rings. The molecule has 6 heteroatoms. The van der Waals surface area contributed by atoms with Gasteiger partial charge in [0.15, 0.2) is 0 Å². The van der Waals surface area contributed by atoms with E-state index in [1.807, 2.05) is 27.7 Å². The molecule has 1 aliphatic heterocycles. The van der Waals surface area contributed by atoms with Gasteiger partial charge >= 0.3 is 12.1 Å². The minimum atomic E-state index is -0.966. The van der Waals surface area contributed by atoms with Crippen molar-refractivity contribution in [2.24, 2.45) is 17.6 Å². The van der Waals surface area contributed by atoms with Gasteiger partial charge in [0, 0.05) is 13.1 Å². The lowest BCUT2D eigenvalue weighted by atomic mass is 9.82. The predicted molar refractivity (Wildman–Crippen MR) is 75.3 cm³/mol. The summed E-state index contributed by atoms with van der Waals surface area (Å²) in [6, 6.07) is -0.824. The molecule has 1 rings (SSSR count). The number of ether oxygens (including phenoxy) is 1. The molecule has 20 heavy (non-hydrogen) atoms. The Bertz CT molecular complexity index is 365. The Labute approximate surface area is 120 Å². The topological polar surface area (TPSA) is 92.9 Å². The highest BCUT2D eigenvalue weighted by molar-refractivity contribution is 5.73. The van der Waals surface area contributed by atoms with Crippen LogP contribution < -0.4 is 5.73 Å². The van der Waals surface area contributed by atoms with Gasteiger partial charge in [0.2, 0.25) is 0 Å². The molecule has 116 valence electrons. The van der Waals surface area contributed by atoms with E-state index in [-0.39, 0.29) is 17.9 Å². The highest BCUT2D eigenvalue weighted by atomic mass is 16.6. The number of carbonyl (C=O) groups excluding carboxylic acids is 1. The second kappa shape index (κ2) is 6.43. The van der Waals surface area contributed by atoms with Crippen molar-refractivity contribution in [1.82, 2.24) is 4.90 Å². The summed E-state index contributed by atoms with van der Waals surface area (Å²) in [6.45, 7) is 8.73. The summed E-state index contributed by atoms with van der Waals surface area (Å²) in [6.07, 6.45) is 0.922. The van der Waals surface area contributed by atoms with Crippen molar-refractivity contribution >= 4 is 12.1 Å². The van der Waals surface area contributed by atoms with Crippen molar-refractivity contribution in [3.8, 4) is 0 Å². The van der Waals surface area contributed by atoms with Crippen LogP contribution in [0.3, 0.4) is 0 Å². The first-order valence-corrected chi connectivity index (χ1v) is 7.06. The third kappa shape index (κ3) is 5.00. The van der Waals surface area contributed by atoms with Crippen LogP contribution >= 0.6 is 0 Å². The van der Waals surface area contributed by atoms with E-state index in [4.69, 9.17) is 15.6 Å². The highest BCUT2D eigenvalue weighted by Crippen LogP contribution is 2.28. The number of rotatable bonds is 3. The van der Waals surface area contributed by atoms with Gasteiger partial charge in [-0.05, 0) is 45.4 Å². The number of carbonyl (C=O) groups is 2. The summed E-state index contributed by atoms with van der Waals surface area (Å²) in [7, 11) is 0. The predicted octanol–water partition coefficient (Wildman–Crippen LogP) is 1.68. The smallest absolute Gasteiger partial charge is 0.410 e. The second-order valence-corrected chi connectivity index (χ2v) is 6.63. The van der Waals surface area contributed by atoms with Crippen molar-refractivity contribution in [2.75, 3.05) is 13.1 Å². The Morgan fingerprint density at radius 3 is 2.50 bits per heavy atom. The third-order valence-electron chi connectivity index (χ3n) is 3.61. The van der Waals surface area contributed by atoms with E-state index in [2.05, 4.69) is 0 Å². The van der Waals surface area contributed by atoms with E-state index < -0.39 is 17.6 Å². The second-order valence-electron chi connectivity index (χ2n) is 6.63. The van der Waals surface area contributed by atoms with E-state index >= 15 is 0 Å². The number of aliphatic carboxylic acids is 1. The van der Waals surface area contributed by atoms with Gasteiger partial charge in [0.1, 0.15) is 11.6 Å². The zero-order valence-electron chi connectivity index (χ0n) is 12.8. The fourth-order valence-electron chi connectivity index (χ4n) is 2.46. The molecule has 3 unspecified atom stereocenters. The number of amides is 1. The summed E-state index contributed by atoms with van der Waals surface area (Å²) in [4.78, 5) is 24.5. The van der Waals surface area contributed by atoms with E-state index in [1.54, 1.807) is 4.90 Å². The van der Waals surface area contributed by atoms with Crippen LogP contribution in [0.25, 0.3) is 0 Å². The zero-order valence-corrected chi connectivity index (χ0v) is 12.8. The van der Waals surface area contributed by atoms with Gasteiger partial charge in [-0.2, -0.15) is 0 Å². The monoisotopic (exact) mass is 286 g/mol. The lowest BCUT2D eigenvalue weighted by Gasteiger charge is -2.38. The summed E-state index contributed by atoms with van der Waals surface area (Å²) in [5.74, 6) is -0.506. The molecule has 3 N–H and O–H groups in total. The maximum absolute atomic E-state index is 12.0. The van der Waals surface area contributed by atoms with Crippen molar-refractivity contribution in [3.63, 3.8) is 0 Å². The minimum absolute atomic E-state index is 0.224. The third-order valence-corrected chi connectivity index (χ3v) is 3.61. The first-order chi connectivity index (χ1) is 9.10. The normalized spacial score (nSPS) is 25.1. The van der Waals surface area contributed by atoms with Gasteiger partial charge in [-0.3, -0.25) is 4.79 Å². The molecule has 3 atom stereocenters. The van der Waals surface area contributed by atoms with Gasteiger partial charge in [-0.15, -0.1) is 0 Å². The van der Waals surface area contributed by atoms with Gasteiger partial charge in [-0.25, -0.2) is 4.79 Å². The quantitative estimate of drug-likeness (QED) is 0.823. The number of nitrogens with zero attached hydrogens (tertiary/aromatic N) is 1. The average Bonchev–Trinajstić information content (AvgIpc) is 2.29. The lowest BCUT2D eigenvalue weighted by Crippen LogP contribution is -2.46. The molecule has 0 saturated carbocycles. The number of nitrogens with two attached hydrogens (primary N) is 1. The molecule has 6 nitrogen and oxygen atoms in total. The molecule has 0 aromatic heterocycles. The summed E-state index contributed by atoms with van der Waals surface area (Å²) < 4.78 is 5.35. The van der Waals surface area contributed by atoms with E-state index in [1.165, 1.54) is 0 Å². The Kier molecular flexibility index (Phi) is 5.39. The van der Waals surface area contributed by atoms with Crippen LogP contribution in [0.1, 0.15) is 40.5 Å². The molecule has 0 aromatic carbocycles. The molecular weight excluding hydrogens is 260 g/mol. The molecule has 1 aliphatic rings. The molecule has 1 amide bonds. The minimum Gasteiger partial charge on any atom is -0.480 e. The van der Waals surface area contributed by atoms with E-state index in [0.29, 0.717) is 19.5 Å². The SMILES string of the molecule is CC1CN(C(=O)OC(C)(C)C)CCC1CC(N)C(=O)O. The van der Waals surface area contributed by atoms with Crippen LogP contribution in [0.4, 0.5) is 4.79 Å². The van der Waals surface area contributed by atoms with E-state index in [0.717, 1.165) is 6.42 Å². The Morgan fingerprint density at radius 2 is 2.05 bits per heavy atom. The number of carboxylic acids is 1. The van der Waals surface area contributed by atoms with E-state index in [9.17, 15) is 9.59 Å². The van der Waals surface area contributed by atoms with Crippen molar-refractivity contribution < 1.29 is 19.4 Å². The highest BCUT2D eigenvalue weighted by Gasteiger charge is 2.32. The van der Waals surface area contributed by atoms with Gasteiger partial charge in [-0.1, -0.05) is 6.92 Å².